The van der Waals surface area contributed by atoms with Crippen molar-refractivity contribution in [1.82, 2.24) is 24.8 Å². The molecule has 0 spiro atoms. The van der Waals surface area contributed by atoms with Gasteiger partial charge in [0.25, 0.3) is 0 Å². The third-order valence-corrected chi connectivity index (χ3v) is 4.18. The van der Waals surface area contributed by atoms with Crippen LogP contribution in [0.25, 0.3) is 0 Å². The zero-order chi connectivity index (χ0) is 17.8. The number of hydrogen-bond donors (Lipinski definition) is 2. The molecule has 8 nitrogen and oxygen atoms in total. The van der Waals surface area contributed by atoms with Gasteiger partial charge in [0.15, 0.2) is 5.82 Å². The van der Waals surface area contributed by atoms with Crippen LogP contribution in [0.5, 0.6) is 0 Å². The lowest BCUT2D eigenvalue weighted by Gasteiger charge is -2.31. The number of carboxylic acids is 1. The van der Waals surface area contributed by atoms with E-state index in [2.05, 4.69) is 25.3 Å². The van der Waals surface area contributed by atoms with Gasteiger partial charge in [-0.15, -0.1) is 0 Å². The number of likely N-dealkylation sites (tertiary alicyclic amines) is 1. The van der Waals surface area contributed by atoms with Crippen molar-refractivity contribution in [3.05, 3.63) is 35.5 Å². The van der Waals surface area contributed by atoms with Gasteiger partial charge in [0.05, 0.1) is 24.6 Å². The Morgan fingerprint density at radius 2 is 2.04 bits per heavy atom. The molecule has 2 aromatic rings. The molecule has 1 atom stereocenters. The molecule has 1 aliphatic heterocycles. The van der Waals surface area contributed by atoms with E-state index < -0.39 is 5.97 Å². The molecule has 1 fully saturated rings. The lowest BCUT2D eigenvalue weighted by atomic mass is 9.95. The van der Waals surface area contributed by atoms with E-state index in [0.717, 1.165) is 36.5 Å². The maximum Gasteiger partial charge on any atom is 0.317 e. The van der Waals surface area contributed by atoms with Crippen molar-refractivity contribution >= 4 is 17.7 Å². The van der Waals surface area contributed by atoms with Gasteiger partial charge in [-0.25, -0.2) is 15.0 Å². The van der Waals surface area contributed by atoms with Crippen LogP contribution in [0.1, 0.15) is 35.8 Å². The molecule has 0 aliphatic carbocycles. The highest BCUT2D eigenvalue weighted by Crippen LogP contribution is 2.25. The fraction of sp³-hybridized carbons (Fsp3) is 0.471. The van der Waals surface area contributed by atoms with Gasteiger partial charge in [-0.05, 0) is 39.3 Å². The molecular weight excluding hydrogens is 320 g/mol. The standard InChI is InChI=1S/C17H22N6O2/c1-11-6-12(2)21-17(20-11)22-15-8-18-14(7-19-15)13-4-3-5-23(9-13)10-16(24)25/h6-8,13H,3-5,9-10H2,1-2H3,(H,24,25)(H,19,20,21,22). The van der Waals surface area contributed by atoms with Crippen LogP contribution in [0.15, 0.2) is 18.5 Å². The smallest absolute Gasteiger partial charge is 0.317 e. The van der Waals surface area contributed by atoms with Crippen molar-refractivity contribution in [3.8, 4) is 0 Å². The van der Waals surface area contributed by atoms with Crippen molar-refractivity contribution < 1.29 is 9.90 Å². The fourth-order valence-electron chi connectivity index (χ4n) is 3.14. The van der Waals surface area contributed by atoms with Crippen LogP contribution in [-0.2, 0) is 4.79 Å². The van der Waals surface area contributed by atoms with E-state index in [1.54, 1.807) is 12.4 Å². The average Bonchev–Trinajstić information content (AvgIpc) is 2.54. The summed E-state index contributed by atoms with van der Waals surface area (Å²) in [5, 5.41) is 12.0. The number of nitrogens with zero attached hydrogens (tertiary/aromatic N) is 5. The fourth-order valence-corrected chi connectivity index (χ4v) is 3.14. The molecule has 0 saturated carbocycles. The van der Waals surface area contributed by atoms with E-state index >= 15 is 0 Å². The van der Waals surface area contributed by atoms with Crippen LogP contribution in [0, 0.1) is 13.8 Å². The van der Waals surface area contributed by atoms with Crippen LogP contribution >= 0.6 is 0 Å². The lowest BCUT2D eigenvalue weighted by Crippen LogP contribution is -2.38. The summed E-state index contributed by atoms with van der Waals surface area (Å²) in [7, 11) is 0. The molecular formula is C17H22N6O2. The van der Waals surface area contributed by atoms with E-state index in [-0.39, 0.29) is 12.5 Å². The summed E-state index contributed by atoms with van der Waals surface area (Å²) in [6.45, 7) is 5.43. The molecule has 0 radical (unpaired) electrons. The van der Waals surface area contributed by atoms with Crippen LogP contribution in [0.4, 0.5) is 11.8 Å². The topological polar surface area (TPSA) is 104 Å². The van der Waals surface area contributed by atoms with Gasteiger partial charge in [0.2, 0.25) is 5.95 Å². The number of aryl methyl sites for hydroxylation is 2. The number of aromatic nitrogens is 4. The first-order valence-electron chi connectivity index (χ1n) is 8.35. The molecule has 1 saturated heterocycles. The number of carboxylic acid groups (broad SMARTS) is 1. The number of nitrogens with one attached hydrogen (secondary N) is 1. The van der Waals surface area contributed by atoms with Gasteiger partial charge in [-0.3, -0.25) is 14.7 Å². The Bertz CT molecular complexity index is 729. The Morgan fingerprint density at radius 3 is 2.68 bits per heavy atom. The number of hydrogen-bond acceptors (Lipinski definition) is 7. The van der Waals surface area contributed by atoms with Gasteiger partial charge in [-0.2, -0.15) is 0 Å². The van der Waals surface area contributed by atoms with Crippen molar-refractivity contribution in [2.45, 2.75) is 32.6 Å². The predicted molar refractivity (Wildman–Crippen MR) is 92.9 cm³/mol. The Labute approximate surface area is 146 Å². The largest absolute Gasteiger partial charge is 0.480 e. The van der Waals surface area contributed by atoms with Crippen molar-refractivity contribution in [2.24, 2.45) is 0 Å². The summed E-state index contributed by atoms with van der Waals surface area (Å²) >= 11 is 0. The SMILES string of the molecule is Cc1cc(C)nc(Nc2cnc(C3CCCN(CC(=O)O)C3)cn2)n1. The molecule has 0 amide bonds. The molecule has 132 valence electrons. The van der Waals surface area contributed by atoms with E-state index in [1.807, 2.05) is 24.8 Å². The molecule has 3 heterocycles. The lowest BCUT2D eigenvalue weighted by molar-refractivity contribution is -0.138. The van der Waals surface area contributed by atoms with E-state index in [0.29, 0.717) is 18.3 Å². The molecule has 1 aliphatic rings. The Balaban J connectivity index is 1.66. The minimum absolute atomic E-state index is 0.0770. The first kappa shape index (κ1) is 17.2. The molecule has 1 unspecified atom stereocenters. The molecule has 3 rings (SSSR count). The van der Waals surface area contributed by atoms with E-state index in [1.165, 1.54) is 0 Å². The second-order valence-electron chi connectivity index (χ2n) is 6.39. The summed E-state index contributed by atoms with van der Waals surface area (Å²) in [4.78, 5) is 30.4. The molecule has 2 aromatic heterocycles. The third kappa shape index (κ3) is 4.69. The normalized spacial score (nSPS) is 18.1. The number of carbonyl (C=O) groups is 1. The molecule has 25 heavy (non-hydrogen) atoms. The zero-order valence-corrected chi connectivity index (χ0v) is 14.4. The second-order valence-corrected chi connectivity index (χ2v) is 6.39. The maximum absolute atomic E-state index is 10.9. The highest BCUT2D eigenvalue weighted by molar-refractivity contribution is 5.69. The predicted octanol–water partition coefficient (Wildman–Crippen LogP) is 1.89. The molecule has 0 aromatic carbocycles. The van der Waals surface area contributed by atoms with Gasteiger partial charge >= 0.3 is 5.97 Å². The highest BCUT2D eigenvalue weighted by Gasteiger charge is 2.23. The van der Waals surface area contributed by atoms with Crippen LogP contribution < -0.4 is 5.32 Å². The molecule has 8 heteroatoms. The Morgan fingerprint density at radius 1 is 1.28 bits per heavy atom. The second kappa shape index (κ2) is 7.52. The van der Waals surface area contributed by atoms with Gasteiger partial charge in [0.1, 0.15) is 0 Å². The van der Waals surface area contributed by atoms with Gasteiger partial charge in [-0.1, -0.05) is 0 Å². The first-order valence-corrected chi connectivity index (χ1v) is 8.35. The first-order chi connectivity index (χ1) is 12.0. The number of rotatable bonds is 5. The van der Waals surface area contributed by atoms with Crippen LogP contribution in [0.3, 0.4) is 0 Å². The van der Waals surface area contributed by atoms with Crippen LogP contribution in [-0.4, -0.2) is 55.5 Å². The van der Waals surface area contributed by atoms with Crippen molar-refractivity contribution in [2.75, 3.05) is 25.0 Å². The minimum Gasteiger partial charge on any atom is -0.480 e. The summed E-state index contributed by atoms with van der Waals surface area (Å²) in [5.74, 6) is 0.517. The average molecular weight is 342 g/mol. The third-order valence-electron chi connectivity index (χ3n) is 4.18. The summed E-state index contributed by atoms with van der Waals surface area (Å²) < 4.78 is 0. The van der Waals surface area contributed by atoms with Gasteiger partial charge < -0.3 is 10.4 Å². The monoisotopic (exact) mass is 342 g/mol. The Hall–Kier alpha value is -2.61. The minimum atomic E-state index is -0.792. The van der Waals surface area contributed by atoms with Crippen molar-refractivity contribution in [3.63, 3.8) is 0 Å². The van der Waals surface area contributed by atoms with Gasteiger partial charge in [0, 0.05) is 23.9 Å². The molecule has 2 N–H and O–H groups in total. The quantitative estimate of drug-likeness (QED) is 0.849. The summed E-state index contributed by atoms with van der Waals surface area (Å²) in [5.41, 5.74) is 2.67. The number of anilines is 2. The summed E-state index contributed by atoms with van der Waals surface area (Å²) in [6.07, 6.45) is 5.39. The number of aliphatic carboxylic acids is 1. The number of piperidine rings is 1. The molecule has 0 bridgehead atoms. The van der Waals surface area contributed by atoms with E-state index in [4.69, 9.17) is 5.11 Å². The van der Waals surface area contributed by atoms with E-state index in [9.17, 15) is 4.79 Å². The van der Waals surface area contributed by atoms with Crippen LogP contribution in [0.2, 0.25) is 0 Å². The Kier molecular flexibility index (Phi) is 5.18. The highest BCUT2D eigenvalue weighted by atomic mass is 16.4. The summed E-state index contributed by atoms with van der Waals surface area (Å²) in [6, 6.07) is 1.91. The zero-order valence-electron chi connectivity index (χ0n) is 14.4. The van der Waals surface area contributed by atoms with Crippen molar-refractivity contribution in [1.29, 1.82) is 0 Å². The maximum atomic E-state index is 10.9.